The molecule has 7 rings (SSSR count). The van der Waals surface area contributed by atoms with Crippen LogP contribution >= 0.6 is 0 Å². The van der Waals surface area contributed by atoms with Crippen LogP contribution in [0.1, 0.15) is 25.0 Å². The van der Waals surface area contributed by atoms with E-state index in [-0.39, 0.29) is 5.41 Å². The van der Waals surface area contributed by atoms with E-state index in [1.165, 1.54) is 16.7 Å². The normalized spacial score (nSPS) is 13.4. The first-order chi connectivity index (χ1) is 18.6. The number of nitrogens with zero attached hydrogens (tertiary/aromatic N) is 2. The van der Waals surface area contributed by atoms with Crippen LogP contribution in [0.5, 0.6) is 11.5 Å². The van der Waals surface area contributed by atoms with Gasteiger partial charge in [0, 0.05) is 33.1 Å². The Labute approximate surface area is 222 Å². The molecule has 3 nitrogen and oxygen atoms in total. The molecule has 3 heteroatoms. The first kappa shape index (κ1) is 22.4. The Morgan fingerprint density at radius 2 is 1.26 bits per heavy atom. The Kier molecular flexibility index (Phi) is 5.12. The van der Waals surface area contributed by atoms with Crippen molar-refractivity contribution in [1.82, 2.24) is 9.97 Å². The van der Waals surface area contributed by atoms with Crippen LogP contribution in [0.2, 0.25) is 0 Å². The van der Waals surface area contributed by atoms with E-state index in [4.69, 9.17) is 14.7 Å². The Hall–Kier alpha value is -4.76. The molecule has 182 valence electrons. The average Bonchev–Trinajstić information content (AvgIpc) is 2.97. The molecule has 0 saturated heterocycles. The smallest absolute Gasteiger partial charge is 0.160 e. The van der Waals surface area contributed by atoms with Gasteiger partial charge in [-0.3, -0.25) is 0 Å². The standard InChI is InChI=1S/C35H26N2O/c1-35(2)28-18-7-9-20-30(28)38-31-21-11-17-26(32(31)35)24-14-10-15-25(22-24)33-27-16-6-8-19-29(27)36-34(37-33)23-12-4-3-5-13-23/h3-22H,1-2H3. The van der Waals surface area contributed by atoms with Crippen LogP contribution in [0.3, 0.4) is 0 Å². The van der Waals surface area contributed by atoms with Gasteiger partial charge in [-0.1, -0.05) is 111 Å². The van der Waals surface area contributed by atoms with E-state index in [1.54, 1.807) is 0 Å². The van der Waals surface area contributed by atoms with Crippen LogP contribution in [0.25, 0.3) is 44.7 Å². The third-order valence-electron chi connectivity index (χ3n) is 7.51. The fraction of sp³-hybridized carbons (Fsp3) is 0.0857. The minimum absolute atomic E-state index is 0.209. The topological polar surface area (TPSA) is 35.0 Å². The minimum Gasteiger partial charge on any atom is -0.457 e. The summed E-state index contributed by atoms with van der Waals surface area (Å²) in [5.41, 5.74) is 8.44. The summed E-state index contributed by atoms with van der Waals surface area (Å²) in [7, 11) is 0. The summed E-state index contributed by atoms with van der Waals surface area (Å²) in [6.45, 7) is 4.56. The maximum Gasteiger partial charge on any atom is 0.160 e. The molecule has 0 atom stereocenters. The van der Waals surface area contributed by atoms with Crippen molar-refractivity contribution in [3.63, 3.8) is 0 Å². The molecule has 0 saturated carbocycles. The van der Waals surface area contributed by atoms with E-state index >= 15 is 0 Å². The third-order valence-corrected chi connectivity index (χ3v) is 7.51. The van der Waals surface area contributed by atoms with E-state index in [1.807, 2.05) is 36.4 Å². The van der Waals surface area contributed by atoms with Gasteiger partial charge in [-0.2, -0.15) is 0 Å². The Bertz CT molecular complexity index is 1820. The van der Waals surface area contributed by atoms with Crippen LogP contribution in [0.4, 0.5) is 0 Å². The highest BCUT2D eigenvalue weighted by Gasteiger charge is 2.36. The number of benzene rings is 5. The largest absolute Gasteiger partial charge is 0.457 e. The second-order valence-corrected chi connectivity index (χ2v) is 10.3. The maximum atomic E-state index is 6.39. The van der Waals surface area contributed by atoms with Gasteiger partial charge in [0.05, 0.1) is 11.2 Å². The molecule has 0 N–H and O–H groups in total. The molecule has 0 aliphatic carbocycles. The second kappa shape index (κ2) is 8.67. The molecule has 0 radical (unpaired) electrons. The average molecular weight is 491 g/mol. The predicted molar refractivity (Wildman–Crippen MR) is 154 cm³/mol. The quantitative estimate of drug-likeness (QED) is 0.248. The minimum atomic E-state index is -0.209. The van der Waals surface area contributed by atoms with Gasteiger partial charge < -0.3 is 4.74 Å². The van der Waals surface area contributed by atoms with Crippen LogP contribution in [0, 0.1) is 0 Å². The number of fused-ring (bicyclic) bond motifs is 3. The van der Waals surface area contributed by atoms with Gasteiger partial charge in [-0.05, 0) is 35.4 Å². The summed E-state index contributed by atoms with van der Waals surface area (Å²) in [6.07, 6.45) is 0. The zero-order valence-corrected chi connectivity index (χ0v) is 21.3. The van der Waals surface area contributed by atoms with Crippen LogP contribution in [-0.4, -0.2) is 9.97 Å². The maximum absolute atomic E-state index is 6.39. The molecule has 0 spiro atoms. The number of ether oxygens (including phenoxy) is 1. The summed E-state index contributed by atoms with van der Waals surface area (Å²) >= 11 is 0. The predicted octanol–water partition coefficient (Wildman–Crippen LogP) is 9.06. The van der Waals surface area contributed by atoms with Crippen LogP contribution in [-0.2, 0) is 5.41 Å². The Morgan fingerprint density at radius 1 is 0.579 bits per heavy atom. The number of hydrogen-bond donors (Lipinski definition) is 0. The van der Waals surface area contributed by atoms with Crippen molar-refractivity contribution in [3.8, 4) is 45.3 Å². The van der Waals surface area contributed by atoms with Crippen molar-refractivity contribution < 1.29 is 4.74 Å². The fourth-order valence-electron chi connectivity index (χ4n) is 5.67. The number of rotatable bonds is 3. The lowest BCUT2D eigenvalue weighted by molar-refractivity contribution is 0.419. The summed E-state index contributed by atoms with van der Waals surface area (Å²) < 4.78 is 6.39. The summed E-state index contributed by atoms with van der Waals surface area (Å²) in [5.74, 6) is 2.57. The van der Waals surface area contributed by atoms with Gasteiger partial charge in [0.25, 0.3) is 0 Å². The fourth-order valence-corrected chi connectivity index (χ4v) is 5.67. The SMILES string of the molecule is CC1(C)c2ccccc2Oc2cccc(-c3cccc(-c4nc(-c5ccccc5)nc5ccccc45)c3)c21. The number of para-hydroxylation sites is 2. The van der Waals surface area contributed by atoms with E-state index in [0.29, 0.717) is 0 Å². The summed E-state index contributed by atoms with van der Waals surface area (Å²) in [6, 6.07) is 41.8. The lowest BCUT2D eigenvalue weighted by Crippen LogP contribution is -2.25. The zero-order valence-electron chi connectivity index (χ0n) is 21.3. The van der Waals surface area contributed by atoms with E-state index in [9.17, 15) is 0 Å². The van der Waals surface area contributed by atoms with Crippen LogP contribution in [0.15, 0.2) is 121 Å². The van der Waals surface area contributed by atoms with Crippen molar-refractivity contribution in [3.05, 3.63) is 132 Å². The molecule has 0 amide bonds. The molecule has 1 aliphatic heterocycles. The molecule has 0 unspecified atom stereocenters. The highest BCUT2D eigenvalue weighted by Crippen LogP contribution is 2.51. The third kappa shape index (κ3) is 3.59. The first-order valence-electron chi connectivity index (χ1n) is 12.9. The van der Waals surface area contributed by atoms with Crippen molar-refractivity contribution >= 4 is 10.9 Å². The highest BCUT2D eigenvalue weighted by molar-refractivity contribution is 5.94. The van der Waals surface area contributed by atoms with Crippen molar-refractivity contribution in [1.29, 1.82) is 0 Å². The van der Waals surface area contributed by atoms with Crippen molar-refractivity contribution in [2.75, 3.05) is 0 Å². The summed E-state index contributed by atoms with van der Waals surface area (Å²) in [4.78, 5) is 9.97. The molecule has 6 aromatic rings. The molecule has 2 heterocycles. The Balaban J connectivity index is 1.41. The van der Waals surface area contributed by atoms with E-state index < -0.39 is 0 Å². The molecular formula is C35H26N2O. The molecular weight excluding hydrogens is 464 g/mol. The Morgan fingerprint density at radius 3 is 2.16 bits per heavy atom. The van der Waals surface area contributed by atoms with Gasteiger partial charge >= 0.3 is 0 Å². The van der Waals surface area contributed by atoms with Crippen molar-refractivity contribution in [2.45, 2.75) is 19.3 Å². The van der Waals surface area contributed by atoms with Gasteiger partial charge in [0.15, 0.2) is 5.82 Å². The molecule has 5 aromatic carbocycles. The molecule has 0 bridgehead atoms. The first-order valence-corrected chi connectivity index (χ1v) is 12.9. The lowest BCUT2D eigenvalue weighted by atomic mass is 9.73. The number of aromatic nitrogens is 2. The highest BCUT2D eigenvalue weighted by atomic mass is 16.5. The molecule has 1 aliphatic rings. The summed E-state index contributed by atoms with van der Waals surface area (Å²) in [5, 5.41) is 1.04. The van der Waals surface area contributed by atoms with Gasteiger partial charge in [-0.25, -0.2) is 9.97 Å². The van der Waals surface area contributed by atoms with E-state index in [0.717, 1.165) is 50.6 Å². The van der Waals surface area contributed by atoms with Crippen LogP contribution < -0.4 is 4.74 Å². The lowest BCUT2D eigenvalue weighted by Gasteiger charge is -2.36. The van der Waals surface area contributed by atoms with Gasteiger partial charge in [0.2, 0.25) is 0 Å². The van der Waals surface area contributed by atoms with Gasteiger partial charge in [-0.15, -0.1) is 0 Å². The number of hydrogen-bond acceptors (Lipinski definition) is 3. The van der Waals surface area contributed by atoms with E-state index in [2.05, 4.69) is 98.8 Å². The van der Waals surface area contributed by atoms with Crippen molar-refractivity contribution in [2.24, 2.45) is 0 Å². The molecule has 1 aromatic heterocycles. The van der Waals surface area contributed by atoms with Gasteiger partial charge in [0.1, 0.15) is 11.5 Å². The molecule has 0 fully saturated rings. The monoisotopic (exact) mass is 490 g/mol. The zero-order chi connectivity index (χ0) is 25.7. The second-order valence-electron chi connectivity index (χ2n) is 10.3. The molecule has 38 heavy (non-hydrogen) atoms.